The zero-order chi connectivity index (χ0) is 14.7. The Kier molecular flexibility index (Phi) is 4.10. The van der Waals surface area contributed by atoms with Gasteiger partial charge in [-0.25, -0.2) is 0 Å². The van der Waals surface area contributed by atoms with Gasteiger partial charge in [-0.1, -0.05) is 25.0 Å². The molecule has 0 saturated heterocycles. The number of carbonyl (C=O) groups is 1. The van der Waals surface area contributed by atoms with Gasteiger partial charge in [0.15, 0.2) is 18.1 Å². The highest BCUT2D eigenvalue weighted by Crippen LogP contribution is 2.32. The Morgan fingerprint density at radius 2 is 2.10 bits per heavy atom. The summed E-state index contributed by atoms with van der Waals surface area (Å²) in [5.41, 5.74) is 6.40. The van der Waals surface area contributed by atoms with Gasteiger partial charge in [-0.05, 0) is 25.0 Å². The summed E-state index contributed by atoms with van der Waals surface area (Å²) in [6.07, 6.45) is 4.51. The van der Waals surface area contributed by atoms with Gasteiger partial charge in [-0.15, -0.1) is 0 Å². The summed E-state index contributed by atoms with van der Waals surface area (Å²) < 4.78 is 11.3. The van der Waals surface area contributed by atoms with E-state index in [1.165, 1.54) is 12.8 Å². The van der Waals surface area contributed by atoms with Crippen molar-refractivity contribution in [1.82, 2.24) is 5.32 Å². The van der Waals surface area contributed by atoms with E-state index in [1.807, 2.05) is 24.3 Å². The van der Waals surface area contributed by atoms with Crippen molar-refractivity contribution in [1.29, 1.82) is 0 Å². The van der Waals surface area contributed by atoms with Crippen LogP contribution < -0.4 is 15.8 Å². The van der Waals surface area contributed by atoms with Gasteiger partial charge < -0.3 is 20.2 Å². The summed E-state index contributed by atoms with van der Waals surface area (Å²) >= 11 is 0. The van der Waals surface area contributed by atoms with Crippen molar-refractivity contribution in [3.63, 3.8) is 0 Å². The molecule has 1 saturated carbocycles. The molecule has 21 heavy (non-hydrogen) atoms. The van der Waals surface area contributed by atoms with Crippen LogP contribution in [0.5, 0.6) is 5.75 Å². The number of rotatable bonds is 5. The van der Waals surface area contributed by atoms with Crippen molar-refractivity contribution in [2.24, 2.45) is 5.73 Å². The number of nitrogens with one attached hydrogen (secondary N) is 1. The lowest BCUT2D eigenvalue weighted by atomic mass is 10.2. The fourth-order valence-corrected chi connectivity index (χ4v) is 2.84. The van der Waals surface area contributed by atoms with E-state index < -0.39 is 0 Å². The second-order valence-corrected chi connectivity index (χ2v) is 5.39. The van der Waals surface area contributed by atoms with E-state index in [1.54, 1.807) is 0 Å². The second-order valence-electron chi connectivity index (χ2n) is 5.39. The van der Waals surface area contributed by atoms with Crippen LogP contribution in [0.3, 0.4) is 0 Å². The van der Waals surface area contributed by atoms with Crippen LogP contribution in [-0.4, -0.2) is 18.6 Å². The van der Waals surface area contributed by atoms with Crippen LogP contribution in [0.2, 0.25) is 0 Å². The van der Waals surface area contributed by atoms with Crippen molar-refractivity contribution in [3.05, 3.63) is 30.0 Å². The van der Waals surface area contributed by atoms with Gasteiger partial charge in [0.1, 0.15) is 5.58 Å². The average Bonchev–Trinajstić information content (AvgIpc) is 3.12. The van der Waals surface area contributed by atoms with Gasteiger partial charge in [0, 0.05) is 6.04 Å². The summed E-state index contributed by atoms with van der Waals surface area (Å²) in [7, 11) is 0. The molecule has 1 amide bonds. The van der Waals surface area contributed by atoms with Crippen LogP contribution >= 0.6 is 0 Å². The van der Waals surface area contributed by atoms with Gasteiger partial charge in [0.25, 0.3) is 5.91 Å². The minimum atomic E-state index is -0.0878. The van der Waals surface area contributed by atoms with Crippen molar-refractivity contribution >= 4 is 16.9 Å². The number of fused-ring (bicyclic) bond motifs is 1. The zero-order valence-electron chi connectivity index (χ0n) is 11.9. The van der Waals surface area contributed by atoms with Gasteiger partial charge in [0.2, 0.25) is 0 Å². The van der Waals surface area contributed by atoms with Crippen LogP contribution in [0, 0.1) is 0 Å². The van der Waals surface area contributed by atoms with Crippen LogP contribution in [0.4, 0.5) is 0 Å². The minimum absolute atomic E-state index is 0.00692. The predicted molar refractivity (Wildman–Crippen MR) is 80.0 cm³/mol. The number of amides is 1. The zero-order valence-corrected chi connectivity index (χ0v) is 11.9. The molecule has 1 heterocycles. The molecule has 5 heteroatoms. The first-order valence-electron chi connectivity index (χ1n) is 7.40. The molecular formula is C16H20N2O3. The van der Waals surface area contributed by atoms with Crippen LogP contribution in [-0.2, 0) is 11.3 Å². The van der Waals surface area contributed by atoms with Crippen molar-refractivity contribution < 1.29 is 13.9 Å². The quantitative estimate of drug-likeness (QED) is 0.885. The van der Waals surface area contributed by atoms with Gasteiger partial charge in [-0.2, -0.15) is 0 Å². The molecule has 0 atom stereocenters. The topological polar surface area (TPSA) is 77.5 Å². The summed E-state index contributed by atoms with van der Waals surface area (Å²) in [5.74, 6) is 1.06. The van der Waals surface area contributed by atoms with E-state index >= 15 is 0 Å². The van der Waals surface area contributed by atoms with Gasteiger partial charge in [0.05, 0.1) is 11.9 Å². The van der Waals surface area contributed by atoms with E-state index in [-0.39, 0.29) is 19.1 Å². The van der Waals surface area contributed by atoms with E-state index in [0.717, 1.165) is 23.8 Å². The largest absolute Gasteiger partial charge is 0.479 e. The maximum Gasteiger partial charge on any atom is 0.258 e. The third kappa shape index (κ3) is 3.03. The second kappa shape index (κ2) is 6.18. The first kappa shape index (κ1) is 13.9. The number of carbonyl (C=O) groups excluding carboxylic acids is 1. The Bertz CT molecular complexity index is 629. The Morgan fingerprint density at radius 3 is 2.86 bits per heavy atom. The molecule has 1 aromatic carbocycles. The fraction of sp³-hybridized carbons (Fsp3) is 0.438. The SMILES string of the molecule is NCc1oc2ccccc2c1OCC(=O)NC1CCCC1. The number of para-hydroxylation sites is 1. The third-order valence-corrected chi connectivity index (χ3v) is 3.87. The first-order chi connectivity index (χ1) is 10.3. The summed E-state index contributed by atoms with van der Waals surface area (Å²) in [6, 6.07) is 7.87. The lowest BCUT2D eigenvalue weighted by Crippen LogP contribution is -2.36. The van der Waals surface area contributed by atoms with E-state index in [9.17, 15) is 4.79 Å². The lowest BCUT2D eigenvalue weighted by Gasteiger charge is -2.12. The molecule has 0 aliphatic heterocycles. The molecule has 1 aromatic heterocycles. The van der Waals surface area contributed by atoms with E-state index in [2.05, 4.69) is 5.32 Å². The maximum atomic E-state index is 11.9. The van der Waals surface area contributed by atoms with E-state index in [4.69, 9.17) is 14.9 Å². The molecule has 1 aliphatic carbocycles. The molecule has 0 spiro atoms. The summed E-state index contributed by atoms with van der Waals surface area (Å²) in [5, 5.41) is 3.85. The Balaban J connectivity index is 1.68. The highest BCUT2D eigenvalue weighted by atomic mass is 16.5. The molecule has 3 rings (SSSR count). The summed E-state index contributed by atoms with van der Waals surface area (Å²) in [4.78, 5) is 11.9. The first-order valence-corrected chi connectivity index (χ1v) is 7.40. The Labute approximate surface area is 123 Å². The van der Waals surface area contributed by atoms with Crippen LogP contribution in [0.15, 0.2) is 28.7 Å². The van der Waals surface area contributed by atoms with Crippen LogP contribution in [0.1, 0.15) is 31.4 Å². The molecule has 3 N–H and O–H groups in total. The molecule has 0 unspecified atom stereocenters. The average molecular weight is 288 g/mol. The Hall–Kier alpha value is -2.01. The predicted octanol–water partition coefficient (Wildman–Crippen LogP) is 2.33. The van der Waals surface area contributed by atoms with Crippen molar-refractivity contribution in [2.75, 3.05) is 6.61 Å². The standard InChI is InChI=1S/C16H20N2O3/c17-9-14-16(12-7-3-4-8-13(12)21-14)20-10-15(19)18-11-5-1-2-6-11/h3-4,7-8,11H,1-2,5-6,9-10,17H2,(H,18,19). The summed E-state index contributed by atoms with van der Waals surface area (Å²) in [6.45, 7) is 0.237. The fourth-order valence-electron chi connectivity index (χ4n) is 2.84. The smallest absolute Gasteiger partial charge is 0.258 e. The molecule has 112 valence electrons. The molecule has 5 nitrogen and oxygen atoms in total. The molecule has 0 radical (unpaired) electrons. The molecular weight excluding hydrogens is 268 g/mol. The highest BCUT2D eigenvalue weighted by Gasteiger charge is 2.19. The van der Waals surface area contributed by atoms with Crippen molar-refractivity contribution in [3.8, 4) is 5.75 Å². The number of hydrogen-bond acceptors (Lipinski definition) is 4. The maximum absolute atomic E-state index is 11.9. The molecule has 2 aromatic rings. The number of benzene rings is 1. The normalized spacial score (nSPS) is 15.5. The van der Waals surface area contributed by atoms with Crippen molar-refractivity contribution in [2.45, 2.75) is 38.3 Å². The molecule has 0 bridgehead atoms. The minimum Gasteiger partial charge on any atom is -0.479 e. The lowest BCUT2D eigenvalue weighted by molar-refractivity contribution is -0.123. The number of nitrogens with two attached hydrogens (primary N) is 1. The molecule has 1 aliphatic rings. The monoisotopic (exact) mass is 288 g/mol. The highest BCUT2D eigenvalue weighted by molar-refractivity contribution is 5.86. The number of ether oxygens (including phenoxy) is 1. The van der Waals surface area contributed by atoms with Crippen LogP contribution in [0.25, 0.3) is 11.0 Å². The molecule has 1 fully saturated rings. The van der Waals surface area contributed by atoms with Gasteiger partial charge >= 0.3 is 0 Å². The number of furan rings is 1. The van der Waals surface area contributed by atoms with Gasteiger partial charge in [-0.3, -0.25) is 4.79 Å². The Morgan fingerprint density at radius 1 is 1.33 bits per heavy atom. The van der Waals surface area contributed by atoms with E-state index in [0.29, 0.717) is 17.6 Å². The number of hydrogen-bond donors (Lipinski definition) is 2. The third-order valence-electron chi connectivity index (χ3n) is 3.87.